The van der Waals surface area contributed by atoms with Gasteiger partial charge in [-0.05, 0) is 35.9 Å². The molecule has 0 aliphatic heterocycles. The van der Waals surface area contributed by atoms with Crippen LogP contribution < -0.4 is 5.32 Å². The van der Waals surface area contributed by atoms with Crippen molar-refractivity contribution in [2.24, 2.45) is 0 Å². The fourth-order valence-electron chi connectivity index (χ4n) is 2.03. The van der Waals surface area contributed by atoms with Crippen molar-refractivity contribution in [2.75, 3.05) is 5.32 Å². The topological polar surface area (TPSA) is 54.9 Å². The van der Waals surface area contributed by atoms with E-state index >= 15 is 0 Å². The first-order valence-electron chi connectivity index (χ1n) is 6.84. The van der Waals surface area contributed by atoms with Gasteiger partial charge in [0.05, 0.1) is 5.56 Å². The van der Waals surface area contributed by atoms with Crippen LogP contribution in [0.3, 0.4) is 0 Å². The van der Waals surface area contributed by atoms with Crippen LogP contribution in [0.25, 0.3) is 0 Å². The zero-order valence-electron chi connectivity index (χ0n) is 12.1. The smallest absolute Gasteiger partial charge is 0.260 e. The summed E-state index contributed by atoms with van der Waals surface area (Å²) >= 11 is 1.07. The molecule has 0 atom stereocenters. The van der Waals surface area contributed by atoms with E-state index < -0.39 is 23.1 Å². The number of halogens is 3. The fraction of sp³-hybridized carbons (Fsp3) is 0.0625. The number of anilines is 1. The van der Waals surface area contributed by atoms with Crippen LogP contribution >= 0.6 is 11.3 Å². The number of hydrogen-bond donors (Lipinski definition) is 1. The summed E-state index contributed by atoms with van der Waals surface area (Å²) in [5.74, 6) is -2.73. The van der Waals surface area contributed by atoms with E-state index in [0.29, 0.717) is 17.0 Å². The highest BCUT2D eigenvalue weighted by molar-refractivity contribution is 7.15. The number of nitrogens with one attached hydrogen (secondary N) is 1. The Morgan fingerprint density at radius 2 is 1.83 bits per heavy atom. The largest absolute Gasteiger partial charge is 0.296 e. The Labute approximate surface area is 139 Å². The Morgan fingerprint density at radius 1 is 1.04 bits per heavy atom. The number of carbonyl (C=O) groups is 1. The van der Waals surface area contributed by atoms with E-state index in [9.17, 15) is 18.0 Å². The van der Waals surface area contributed by atoms with E-state index in [-0.39, 0.29) is 10.9 Å². The number of rotatable bonds is 4. The molecule has 0 spiro atoms. The second kappa shape index (κ2) is 6.79. The van der Waals surface area contributed by atoms with Crippen molar-refractivity contribution in [2.45, 2.75) is 6.42 Å². The first-order valence-corrected chi connectivity index (χ1v) is 7.66. The summed E-state index contributed by atoms with van der Waals surface area (Å²) in [4.78, 5) is 12.0. The van der Waals surface area contributed by atoms with Gasteiger partial charge in [0.2, 0.25) is 5.13 Å². The SMILES string of the molecule is O=C(Nc1nnc(Cc2cccc(F)c2)s1)c1cc(F)ccc1F. The Bertz CT molecular complexity index is 898. The molecule has 0 aliphatic carbocycles. The summed E-state index contributed by atoms with van der Waals surface area (Å²) in [7, 11) is 0. The van der Waals surface area contributed by atoms with Crippen molar-refractivity contribution in [1.82, 2.24) is 10.2 Å². The molecule has 1 N–H and O–H groups in total. The molecule has 0 saturated carbocycles. The van der Waals surface area contributed by atoms with Crippen molar-refractivity contribution in [3.8, 4) is 0 Å². The molecule has 3 rings (SSSR count). The molecule has 3 aromatic rings. The van der Waals surface area contributed by atoms with E-state index in [2.05, 4.69) is 15.5 Å². The summed E-state index contributed by atoms with van der Waals surface area (Å²) < 4.78 is 39.8. The van der Waals surface area contributed by atoms with Crippen LogP contribution in [0.1, 0.15) is 20.9 Å². The van der Waals surface area contributed by atoms with Gasteiger partial charge >= 0.3 is 0 Å². The van der Waals surface area contributed by atoms with Crippen LogP contribution in [0.2, 0.25) is 0 Å². The van der Waals surface area contributed by atoms with Crippen LogP contribution in [0.5, 0.6) is 0 Å². The van der Waals surface area contributed by atoms with Crippen LogP contribution in [0, 0.1) is 17.5 Å². The monoisotopic (exact) mass is 349 g/mol. The second-order valence-corrected chi connectivity index (χ2v) is 5.95. The maximum atomic E-state index is 13.6. The zero-order chi connectivity index (χ0) is 17.1. The third-order valence-corrected chi connectivity index (χ3v) is 3.94. The predicted molar refractivity (Wildman–Crippen MR) is 83.4 cm³/mol. The summed E-state index contributed by atoms with van der Waals surface area (Å²) in [6.07, 6.45) is 0.347. The van der Waals surface area contributed by atoms with E-state index in [1.807, 2.05) is 0 Å². The zero-order valence-corrected chi connectivity index (χ0v) is 12.9. The molecule has 122 valence electrons. The molecular weight excluding hydrogens is 339 g/mol. The van der Waals surface area contributed by atoms with Gasteiger partial charge in [0.1, 0.15) is 22.5 Å². The molecule has 0 saturated heterocycles. The van der Waals surface area contributed by atoms with Crippen molar-refractivity contribution in [3.63, 3.8) is 0 Å². The molecule has 2 aromatic carbocycles. The molecule has 0 bridgehead atoms. The minimum atomic E-state index is -0.835. The number of hydrogen-bond acceptors (Lipinski definition) is 4. The molecule has 8 heteroatoms. The third-order valence-electron chi connectivity index (χ3n) is 3.10. The number of nitrogens with zero attached hydrogens (tertiary/aromatic N) is 2. The van der Waals surface area contributed by atoms with Crippen molar-refractivity contribution in [1.29, 1.82) is 0 Å². The highest BCUT2D eigenvalue weighted by atomic mass is 32.1. The van der Waals surface area contributed by atoms with Crippen LogP contribution in [-0.2, 0) is 6.42 Å². The van der Waals surface area contributed by atoms with E-state index in [1.54, 1.807) is 12.1 Å². The molecule has 0 aliphatic rings. The number of amides is 1. The minimum absolute atomic E-state index is 0.148. The maximum absolute atomic E-state index is 13.6. The first-order chi connectivity index (χ1) is 11.5. The Hall–Kier alpha value is -2.74. The minimum Gasteiger partial charge on any atom is -0.296 e. The highest BCUT2D eigenvalue weighted by Gasteiger charge is 2.15. The van der Waals surface area contributed by atoms with Gasteiger partial charge in [0, 0.05) is 6.42 Å². The van der Waals surface area contributed by atoms with Gasteiger partial charge in [-0.2, -0.15) is 0 Å². The summed E-state index contributed by atoms with van der Waals surface area (Å²) in [6, 6.07) is 8.64. The lowest BCUT2D eigenvalue weighted by Crippen LogP contribution is -2.13. The van der Waals surface area contributed by atoms with E-state index in [4.69, 9.17) is 0 Å². The van der Waals surface area contributed by atoms with Crippen LogP contribution in [-0.4, -0.2) is 16.1 Å². The summed E-state index contributed by atoms with van der Waals surface area (Å²) in [6.45, 7) is 0. The molecule has 24 heavy (non-hydrogen) atoms. The predicted octanol–water partition coefficient (Wildman–Crippen LogP) is 3.80. The molecule has 1 amide bonds. The molecule has 0 radical (unpaired) electrons. The van der Waals surface area contributed by atoms with Gasteiger partial charge in [-0.25, -0.2) is 13.2 Å². The van der Waals surface area contributed by atoms with Crippen LogP contribution in [0.4, 0.5) is 18.3 Å². The lowest BCUT2D eigenvalue weighted by molar-refractivity contribution is 0.102. The standard InChI is InChI=1S/C16H10F3N3OS/c17-10-3-1-2-9(6-10)7-14-21-22-16(24-14)20-15(23)12-8-11(18)4-5-13(12)19/h1-6,8H,7H2,(H,20,22,23). The molecular formula is C16H10F3N3OS. The summed E-state index contributed by atoms with van der Waals surface area (Å²) in [5.41, 5.74) is 0.289. The average molecular weight is 349 g/mol. The number of benzene rings is 2. The molecule has 1 heterocycles. The number of carbonyl (C=O) groups excluding carboxylic acids is 1. The summed E-state index contributed by atoms with van der Waals surface area (Å²) in [5, 5.41) is 10.7. The molecule has 4 nitrogen and oxygen atoms in total. The van der Waals surface area contributed by atoms with Gasteiger partial charge in [-0.3, -0.25) is 10.1 Å². The van der Waals surface area contributed by atoms with E-state index in [0.717, 1.165) is 29.5 Å². The van der Waals surface area contributed by atoms with E-state index in [1.165, 1.54) is 12.1 Å². The van der Waals surface area contributed by atoms with Gasteiger partial charge in [-0.15, -0.1) is 10.2 Å². The molecule has 1 aromatic heterocycles. The van der Waals surface area contributed by atoms with Crippen LogP contribution in [0.15, 0.2) is 42.5 Å². The lowest BCUT2D eigenvalue weighted by atomic mass is 10.1. The highest BCUT2D eigenvalue weighted by Crippen LogP contribution is 2.20. The number of aromatic nitrogens is 2. The molecule has 0 fully saturated rings. The lowest BCUT2D eigenvalue weighted by Gasteiger charge is -2.02. The molecule has 0 unspecified atom stereocenters. The second-order valence-electron chi connectivity index (χ2n) is 4.89. The average Bonchev–Trinajstić information content (AvgIpc) is 2.96. The van der Waals surface area contributed by atoms with Gasteiger partial charge in [0.15, 0.2) is 0 Å². The maximum Gasteiger partial charge on any atom is 0.260 e. The van der Waals surface area contributed by atoms with Gasteiger partial charge in [-0.1, -0.05) is 23.5 Å². The van der Waals surface area contributed by atoms with Gasteiger partial charge < -0.3 is 0 Å². The van der Waals surface area contributed by atoms with Gasteiger partial charge in [0.25, 0.3) is 5.91 Å². The van der Waals surface area contributed by atoms with Crippen molar-refractivity contribution in [3.05, 3.63) is 76.1 Å². The normalized spacial score (nSPS) is 10.6. The van der Waals surface area contributed by atoms with Crippen molar-refractivity contribution >= 4 is 22.4 Å². The third kappa shape index (κ3) is 3.77. The fourth-order valence-corrected chi connectivity index (χ4v) is 2.80. The Kier molecular flexibility index (Phi) is 4.57. The van der Waals surface area contributed by atoms with Crippen molar-refractivity contribution < 1.29 is 18.0 Å². The first kappa shape index (κ1) is 16.1. The Balaban J connectivity index is 1.72. The quantitative estimate of drug-likeness (QED) is 0.779. The Morgan fingerprint density at radius 3 is 2.62 bits per heavy atom.